The van der Waals surface area contributed by atoms with E-state index in [0.29, 0.717) is 16.8 Å². The van der Waals surface area contributed by atoms with Crippen molar-refractivity contribution in [2.24, 2.45) is 17.8 Å². The smallest absolute Gasteiger partial charge is 0.274 e. The van der Waals surface area contributed by atoms with Crippen LogP contribution in [-0.2, 0) is 19.9 Å². The lowest BCUT2D eigenvalue weighted by Gasteiger charge is -2.30. The number of para-hydroxylation sites is 1. The van der Waals surface area contributed by atoms with Crippen molar-refractivity contribution in [1.82, 2.24) is 5.32 Å². The van der Waals surface area contributed by atoms with E-state index in [1.807, 2.05) is 13.8 Å². The number of rotatable bonds is 3. The van der Waals surface area contributed by atoms with Gasteiger partial charge in [0.2, 0.25) is 17.7 Å². The first kappa shape index (κ1) is 20.3. The van der Waals surface area contributed by atoms with Gasteiger partial charge in [-0.3, -0.25) is 29.8 Å². The summed E-state index contributed by atoms with van der Waals surface area (Å²) in [6.07, 6.45) is 0. The van der Waals surface area contributed by atoms with Gasteiger partial charge in [-0.05, 0) is 25.0 Å². The van der Waals surface area contributed by atoms with E-state index >= 15 is 0 Å². The first-order chi connectivity index (χ1) is 15.2. The molecule has 0 unspecified atom stereocenters. The van der Waals surface area contributed by atoms with E-state index in [2.05, 4.69) is 10.6 Å². The Kier molecular flexibility index (Phi) is 4.26. The molecule has 0 aliphatic carbocycles. The van der Waals surface area contributed by atoms with Gasteiger partial charge in [-0.2, -0.15) is 0 Å². The molecule has 2 aromatic rings. The van der Waals surface area contributed by atoms with Crippen molar-refractivity contribution in [3.8, 4) is 0 Å². The summed E-state index contributed by atoms with van der Waals surface area (Å²) in [5, 5.41) is 17.6. The van der Waals surface area contributed by atoms with Crippen LogP contribution >= 0.6 is 0 Å². The van der Waals surface area contributed by atoms with E-state index in [1.165, 1.54) is 18.2 Å². The minimum absolute atomic E-state index is 0.0357. The zero-order valence-electron chi connectivity index (χ0n) is 17.8. The number of nitrogens with zero attached hydrogens (tertiary/aromatic N) is 2. The topological polar surface area (TPSA) is 122 Å². The molecule has 5 rings (SSSR count). The number of nitro benzene ring substituents is 1. The number of hydrogen-bond donors (Lipinski definition) is 2. The van der Waals surface area contributed by atoms with Crippen LogP contribution < -0.4 is 15.5 Å². The Morgan fingerprint density at radius 3 is 2.50 bits per heavy atom. The summed E-state index contributed by atoms with van der Waals surface area (Å²) in [6.45, 7) is 5.46. The average molecular weight is 434 g/mol. The van der Waals surface area contributed by atoms with Gasteiger partial charge in [0.05, 0.1) is 22.4 Å². The van der Waals surface area contributed by atoms with Crippen LogP contribution in [-0.4, -0.2) is 28.7 Å². The molecule has 0 aromatic heterocycles. The fraction of sp³-hybridized carbons (Fsp3) is 0.348. The zero-order valence-corrected chi connectivity index (χ0v) is 17.8. The Labute approximate surface area is 183 Å². The number of benzene rings is 2. The maximum atomic E-state index is 13.8. The third-order valence-corrected chi connectivity index (χ3v) is 6.92. The van der Waals surface area contributed by atoms with E-state index in [1.54, 1.807) is 31.2 Å². The molecule has 9 heteroatoms. The molecule has 3 aliphatic heterocycles. The Hall–Kier alpha value is -3.59. The lowest BCUT2D eigenvalue weighted by Crippen LogP contribution is -2.54. The van der Waals surface area contributed by atoms with Gasteiger partial charge in [0.15, 0.2) is 0 Å². The average Bonchev–Trinajstić information content (AvgIpc) is 3.34. The van der Waals surface area contributed by atoms with Crippen LogP contribution in [0.5, 0.6) is 0 Å². The predicted octanol–water partition coefficient (Wildman–Crippen LogP) is 2.48. The quantitative estimate of drug-likeness (QED) is 0.435. The number of carbonyl (C=O) groups excluding carboxylic acids is 3. The highest BCUT2D eigenvalue weighted by atomic mass is 16.6. The fourth-order valence-corrected chi connectivity index (χ4v) is 5.45. The molecule has 2 fully saturated rings. The minimum atomic E-state index is -1.37. The number of hydrogen-bond acceptors (Lipinski definition) is 6. The lowest BCUT2D eigenvalue weighted by molar-refractivity contribution is -0.385. The number of fused-ring (bicyclic) bond motifs is 4. The van der Waals surface area contributed by atoms with Gasteiger partial charge in [-0.25, -0.2) is 4.90 Å². The zero-order chi connectivity index (χ0) is 22.9. The second-order valence-electron chi connectivity index (χ2n) is 8.97. The summed E-state index contributed by atoms with van der Waals surface area (Å²) >= 11 is 0. The molecular formula is C23H22N4O5. The molecule has 3 aliphatic rings. The molecular weight excluding hydrogens is 412 g/mol. The van der Waals surface area contributed by atoms with Crippen LogP contribution in [0.3, 0.4) is 0 Å². The molecule has 0 saturated carbocycles. The first-order valence-corrected chi connectivity index (χ1v) is 10.5. The van der Waals surface area contributed by atoms with Gasteiger partial charge < -0.3 is 5.32 Å². The molecule has 3 heterocycles. The van der Waals surface area contributed by atoms with Gasteiger partial charge in [-0.15, -0.1) is 0 Å². The van der Waals surface area contributed by atoms with Crippen LogP contribution in [0.4, 0.5) is 17.1 Å². The van der Waals surface area contributed by atoms with Gasteiger partial charge in [0.1, 0.15) is 5.54 Å². The van der Waals surface area contributed by atoms with E-state index in [-0.39, 0.29) is 23.2 Å². The summed E-state index contributed by atoms with van der Waals surface area (Å²) in [5.74, 6) is -3.09. The van der Waals surface area contributed by atoms with Gasteiger partial charge in [0, 0.05) is 28.9 Å². The second-order valence-corrected chi connectivity index (χ2v) is 8.97. The molecule has 1 spiro atoms. The van der Waals surface area contributed by atoms with Crippen molar-refractivity contribution in [2.45, 2.75) is 32.4 Å². The number of imide groups is 1. The van der Waals surface area contributed by atoms with E-state index in [4.69, 9.17) is 0 Å². The van der Waals surface area contributed by atoms with Crippen molar-refractivity contribution in [3.05, 3.63) is 63.7 Å². The van der Waals surface area contributed by atoms with E-state index < -0.39 is 40.2 Å². The van der Waals surface area contributed by atoms with Crippen LogP contribution in [0.1, 0.15) is 25.0 Å². The molecule has 3 amide bonds. The highest BCUT2D eigenvalue weighted by Crippen LogP contribution is 2.54. The SMILES string of the molecule is Cc1ccc(N2C(=O)[C@@H]3[C@H](C(C)C)N[C@@]4(C(=O)Nc5ccccc54)[C@H]3C2=O)cc1[N+](=O)[O-]. The van der Waals surface area contributed by atoms with Crippen molar-refractivity contribution in [1.29, 1.82) is 0 Å². The Morgan fingerprint density at radius 2 is 1.81 bits per heavy atom. The number of nitrogens with one attached hydrogen (secondary N) is 2. The summed E-state index contributed by atoms with van der Waals surface area (Å²) in [7, 11) is 0. The third kappa shape index (κ3) is 2.45. The molecule has 4 atom stereocenters. The van der Waals surface area contributed by atoms with Crippen LogP contribution in [0.2, 0.25) is 0 Å². The predicted molar refractivity (Wildman–Crippen MR) is 116 cm³/mol. The maximum Gasteiger partial charge on any atom is 0.274 e. The Bertz CT molecular complexity index is 1210. The fourth-order valence-electron chi connectivity index (χ4n) is 5.45. The standard InChI is InChI=1S/C23H22N4O5/c1-11(2)19-17-18(23(25-19)14-6-4-5-7-15(14)24-22(23)30)21(29)26(20(17)28)13-9-8-12(3)16(10-13)27(31)32/h4-11,17-19,25H,1-3H3,(H,24,30)/t17-,18+,19-,23+/m0/s1. The molecule has 0 bridgehead atoms. The molecule has 0 radical (unpaired) electrons. The molecule has 2 saturated heterocycles. The monoisotopic (exact) mass is 434 g/mol. The maximum absolute atomic E-state index is 13.8. The molecule has 9 nitrogen and oxygen atoms in total. The van der Waals surface area contributed by atoms with Crippen LogP contribution in [0, 0.1) is 34.8 Å². The summed E-state index contributed by atoms with van der Waals surface area (Å²) in [6, 6.07) is 11.0. The number of aryl methyl sites for hydroxylation is 1. The number of carbonyl (C=O) groups is 3. The van der Waals surface area contributed by atoms with Crippen LogP contribution in [0.15, 0.2) is 42.5 Å². The van der Waals surface area contributed by atoms with Crippen molar-refractivity contribution >= 4 is 34.8 Å². The summed E-state index contributed by atoms with van der Waals surface area (Å²) in [4.78, 5) is 52.6. The minimum Gasteiger partial charge on any atom is -0.324 e. The van der Waals surface area contributed by atoms with Crippen LogP contribution in [0.25, 0.3) is 0 Å². The van der Waals surface area contributed by atoms with Crippen molar-refractivity contribution in [3.63, 3.8) is 0 Å². The highest BCUT2D eigenvalue weighted by molar-refractivity contribution is 6.25. The summed E-state index contributed by atoms with van der Waals surface area (Å²) in [5.41, 5.74) is 0.293. The Morgan fingerprint density at radius 1 is 1.09 bits per heavy atom. The van der Waals surface area contributed by atoms with Crippen molar-refractivity contribution in [2.75, 3.05) is 10.2 Å². The molecule has 164 valence electrons. The molecule has 2 aromatic carbocycles. The van der Waals surface area contributed by atoms with Crippen molar-refractivity contribution < 1.29 is 19.3 Å². The van der Waals surface area contributed by atoms with Gasteiger partial charge in [0.25, 0.3) is 5.69 Å². The Balaban J connectivity index is 1.68. The van der Waals surface area contributed by atoms with Gasteiger partial charge in [-0.1, -0.05) is 38.1 Å². The summed E-state index contributed by atoms with van der Waals surface area (Å²) < 4.78 is 0. The normalized spacial score (nSPS) is 28.4. The molecule has 32 heavy (non-hydrogen) atoms. The third-order valence-electron chi connectivity index (χ3n) is 6.92. The molecule has 2 N–H and O–H groups in total. The van der Waals surface area contributed by atoms with E-state index in [0.717, 1.165) is 4.90 Å². The second kappa shape index (κ2) is 6.70. The van der Waals surface area contributed by atoms with E-state index in [9.17, 15) is 24.5 Å². The number of amides is 3. The lowest BCUT2D eigenvalue weighted by atomic mass is 9.76. The first-order valence-electron chi connectivity index (χ1n) is 10.5. The largest absolute Gasteiger partial charge is 0.324 e. The van der Waals surface area contributed by atoms with Gasteiger partial charge >= 0.3 is 0 Å². The highest BCUT2D eigenvalue weighted by Gasteiger charge is 2.71. The number of anilines is 2. The number of nitro groups is 1.